The third-order valence-corrected chi connectivity index (χ3v) is 5.11. The van der Waals surface area contributed by atoms with Crippen LogP contribution in [-0.2, 0) is 0 Å². The first-order valence-corrected chi connectivity index (χ1v) is 8.72. The molecule has 0 radical (unpaired) electrons. The lowest BCUT2D eigenvalue weighted by atomic mass is 10.2. The van der Waals surface area contributed by atoms with Gasteiger partial charge >= 0.3 is 0 Å². The Morgan fingerprint density at radius 1 is 1.38 bits per heavy atom. The maximum Gasteiger partial charge on any atom is 0.287 e. The fraction of sp³-hybridized carbons (Fsp3) is 0.400. The van der Waals surface area contributed by atoms with Crippen LogP contribution in [0.5, 0.6) is 0 Å². The van der Waals surface area contributed by atoms with E-state index in [9.17, 15) is 4.79 Å². The molecule has 1 aliphatic heterocycles. The second-order valence-corrected chi connectivity index (χ2v) is 6.85. The van der Waals surface area contributed by atoms with Crippen LogP contribution in [0.25, 0.3) is 0 Å². The van der Waals surface area contributed by atoms with Gasteiger partial charge in [0.2, 0.25) is 0 Å². The van der Waals surface area contributed by atoms with Gasteiger partial charge in [0.15, 0.2) is 10.4 Å². The molecule has 0 aromatic carbocycles. The van der Waals surface area contributed by atoms with Gasteiger partial charge in [-0.1, -0.05) is 6.07 Å². The van der Waals surface area contributed by atoms with E-state index < -0.39 is 0 Å². The topological polar surface area (TPSA) is 45.5 Å². The quantitative estimate of drug-likeness (QED) is 0.875. The van der Waals surface area contributed by atoms with E-state index in [1.807, 2.05) is 0 Å². The van der Waals surface area contributed by atoms with Gasteiger partial charge in [-0.2, -0.15) is 0 Å². The molecule has 2 aromatic rings. The van der Waals surface area contributed by atoms with Crippen molar-refractivity contribution in [2.24, 2.45) is 0 Å². The minimum Gasteiger partial charge on any atom is -0.444 e. The highest BCUT2D eigenvalue weighted by molar-refractivity contribution is 9.10. The van der Waals surface area contributed by atoms with Crippen molar-refractivity contribution in [2.45, 2.75) is 18.9 Å². The van der Waals surface area contributed by atoms with Crippen molar-refractivity contribution in [2.75, 3.05) is 19.6 Å². The van der Waals surface area contributed by atoms with Crippen LogP contribution in [0.15, 0.2) is 38.7 Å². The Hall–Kier alpha value is -1.11. The van der Waals surface area contributed by atoms with Crippen molar-refractivity contribution in [3.8, 4) is 0 Å². The number of thiophene rings is 1. The lowest BCUT2D eigenvalue weighted by Crippen LogP contribution is -2.36. The lowest BCUT2D eigenvalue weighted by molar-refractivity contribution is 0.0909. The van der Waals surface area contributed by atoms with E-state index in [0.29, 0.717) is 17.0 Å². The lowest BCUT2D eigenvalue weighted by Gasteiger charge is -2.26. The maximum absolute atomic E-state index is 12.1. The van der Waals surface area contributed by atoms with Crippen LogP contribution in [0.2, 0.25) is 0 Å². The molecule has 1 fully saturated rings. The van der Waals surface area contributed by atoms with Crippen LogP contribution in [0, 0.1) is 0 Å². The summed E-state index contributed by atoms with van der Waals surface area (Å²) >= 11 is 4.96. The van der Waals surface area contributed by atoms with Gasteiger partial charge in [0.05, 0.1) is 6.04 Å². The summed E-state index contributed by atoms with van der Waals surface area (Å²) in [7, 11) is 0. The van der Waals surface area contributed by atoms with E-state index in [1.54, 1.807) is 23.5 Å². The number of carbonyl (C=O) groups is 1. The zero-order valence-corrected chi connectivity index (χ0v) is 14.0. The summed E-state index contributed by atoms with van der Waals surface area (Å²) in [5, 5.41) is 5.08. The van der Waals surface area contributed by atoms with Gasteiger partial charge in [0.25, 0.3) is 5.91 Å². The van der Waals surface area contributed by atoms with E-state index in [2.05, 4.69) is 43.7 Å². The van der Waals surface area contributed by atoms with E-state index >= 15 is 0 Å². The van der Waals surface area contributed by atoms with Gasteiger partial charge < -0.3 is 9.73 Å². The number of rotatable bonds is 5. The minimum absolute atomic E-state index is 0.165. The van der Waals surface area contributed by atoms with Gasteiger partial charge in [0, 0.05) is 11.4 Å². The Labute approximate surface area is 136 Å². The average Bonchev–Trinajstić information content (AvgIpc) is 3.21. The Kier molecular flexibility index (Phi) is 4.77. The van der Waals surface area contributed by atoms with Crippen molar-refractivity contribution in [3.63, 3.8) is 0 Å². The molecule has 0 bridgehead atoms. The summed E-state index contributed by atoms with van der Waals surface area (Å²) in [6.45, 7) is 2.81. The number of amides is 1. The van der Waals surface area contributed by atoms with Crippen molar-refractivity contribution in [1.29, 1.82) is 0 Å². The molecule has 0 spiro atoms. The van der Waals surface area contributed by atoms with Gasteiger partial charge in [-0.25, -0.2) is 0 Å². The molecule has 2 aromatic heterocycles. The molecule has 3 heterocycles. The maximum atomic E-state index is 12.1. The SMILES string of the molecule is O=C(NC[C@@H](c1cccs1)N1CCCC1)c1ccc(Br)o1. The molecular formula is C15H17BrN2O2S. The van der Waals surface area contributed by atoms with Crippen LogP contribution < -0.4 is 5.32 Å². The standard InChI is InChI=1S/C15H17BrN2O2S/c16-14-6-5-12(20-14)15(19)17-10-11(13-4-3-9-21-13)18-7-1-2-8-18/h3-6,9,11H,1-2,7-8,10H2,(H,17,19)/t11-/m0/s1. The largest absolute Gasteiger partial charge is 0.444 e. The number of likely N-dealkylation sites (tertiary alicyclic amines) is 1. The first kappa shape index (κ1) is 14.8. The molecule has 1 N–H and O–H groups in total. The van der Waals surface area contributed by atoms with Gasteiger partial charge in [-0.05, 0) is 65.4 Å². The highest BCUT2D eigenvalue weighted by Crippen LogP contribution is 2.28. The highest BCUT2D eigenvalue weighted by Gasteiger charge is 2.25. The molecule has 112 valence electrons. The van der Waals surface area contributed by atoms with Crippen molar-refractivity contribution < 1.29 is 9.21 Å². The number of hydrogen-bond acceptors (Lipinski definition) is 4. The molecule has 0 unspecified atom stereocenters. The summed E-state index contributed by atoms with van der Waals surface area (Å²) in [4.78, 5) is 15.9. The Morgan fingerprint density at radius 2 is 2.19 bits per heavy atom. The van der Waals surface area contributed by atoms with E-state index in [0.717, 1.165) is 13.1 Å². The smallest absolute Gasteiger partial charge is 0.287 e. The van der Waals surface area contributed by atoms with Crippen LogP contribution in [0.3, 0.4) is 0 Å². The number of nitrogens with one attached hydrogen (secondary N) is 1. The zero-order chi connectivity index (χ0) is 14.7. The monoisotopic (exact) mass is 368 g/mol. The molecule has 3 rings (SSSR count). The van der Waals surface area contributed by atoms with E-state index in [1.165, 1.54) is 17.7 Å². The zero-order valence-electron chi connectivity index (χ0n) is 11.5. The number of halogens is 1. The van der Waals surface area contributed by atoms with Gasteiger partial charge in [-0.15, -0.1) is 11.3 Å². The molecule has 4 nitrogen and oxygen atoms in total. The molecule has 1 atom stereocenters. The summed E-state index contributed by atoms with van der Waals surface area (Å²) in [6.07, 6.45) is 2.47. The molecule has 21 heavy (non-hydrogen) atoms. The summed E-state index contributed by atoms with van der Waals surface area (Å²) < 4.78 is 5.86. The summed E-state index contributed by atoms with van der Waals surface area (Å²) in [6, 6.07) is 7.87. The second-order valence-electron chi connectivity index (χ2n) is 5.09. The fourth-order valence-corrected chi connectivity index (χ4v) is 3.82. The van der Waals surface area contributed by atoms with Crippen LogP contribution in [0.1, 0.15) is 34.3 Å². The van der Waals surface area contributed by atoms with Crippen LogP contribution in [-0.4, -0.2) is 30.4 Å². The second kappa shape index (κ2) is 6.77. The van der Waals surface area contributed by atoms with Gasteiger partial charge in [0.1, 0.15) is 0 Å². The average molecular weight is 369 g/mol. The van der Waals surface area contributed by atoms with E-state index in [-0.39, 0.29) is 11.9 Å². The van der Waals surface area contributed by atoms with Gasteiger partial charge in [-0.3, -0.25) is 9.69 Å². The number of nitrogens with zero attached hydrogens (tertiary/aromatic N) is 1. The molecular weight excluding hydrogens is 352 g/mol. The number of furan rings is 1. The van der Waals surface area contributed by atoms with Crippen molar-refractivity contribution in [3.05, 3.63) is 45.0 Å². The predicted molar refractivity (Wildman–Crippen MR) is 86.6 cm³/mol. The van der Waals surface area contributed by atoms with Crippen molar-refractivity contribution in [1.82, 2.24) is 10.2 Å². The number of hydrogen-bond donors (Lipinski definition) is 1. The Morgan fingerprint density at radius 3 is 2.81 bits per heavy atom. The number of carbonyl (C=O) groups excluding carboxylic acids is 1. The normalized spacial score (nSPS) is 17.0. The molecule has 1 aliphatic rings. The van der Waals surface area contributed by atoms with Crippen molar-refractivity contribution >= 4 is 33.2 Å². The summed E-state index contributed by atoms with van der Waals surface area (Å²) in [5.74, 6) is 0.176. The molecule has 0 aliphatic carbocycles. The molecule has 1 amide bonds. The summed E-state index contributed by atoms with van der Waals surface area (Å²) in [5.41, 5.74) is 0. The third kappa shape index (κ3) is 3.56. The Balaban J connectivity index is 1.66. The third-order valence-electron chi connectivity index (χ3n) is 3.71. The molecule has 6 heteroatoms. The molecule has 0 saturated carbocycles. The minimum atomic E-state index is -0.165. The molecule has 1 saturated heterocycles. The Bertz CT molecular complexity index is 591. The first-order valence-electron chi connectivity index (χ1n) is 7.05. The highest BCUT2D eigenvalue weighted by atomic mass is 79.9. The first-order chi connectivity index (χ1) is 10.2. The van der Waals surface area contributed by atoms with Crippen LogP contribution in [0.4, 0.5) is 0 Å². The fourth-order valence-electron chi connectivity index (χ4n) is 2.66. The van der Waals surface area contributed by atoms with E-state index in [4.69, 9.17) is 4.42 Å². The van der Waals surface area contributed by atoms with Crippen LogP contribution >= 0.6 is 27.3 Å². The predicted octanol–water partition coefficient (Wildman–Crippen LogP) is 3.67.